The van der Waals surface area contributed by atoms with Crippen LogP contribution in [-0.4, -0.2) is 41.5 Å². The Morgan fingerprint density at radius 3 is 2.92 bits per heavy atom. The second-order valence-corrected chi connectivity index (χ2v) is 7.71. The summed E-state index contributed by atoms with van der Waals surface area (Å²) < 4.78 is 5.31. The third-order valence-corrected chi connectivity index (χ3v) is 5.67. The van der Waals surface area contributed by atoms with E-state index in [1.165, 1.54) is 24.1 Å². The molecule has 1 atom stereocenters. The summed E-state index contributed by atoms with van der Waals surface area (Å²) in [4.78, 5) is 30.0. The topological polar surface area (TPSA) is 62.4 Å². The number of likely N-dealkylation sites (tertiary alicyclic amines) is 1. The maximum absolute atomic E-state index is 12.4. The molecule has 1 aromatic carbocycles. The van der Waals surface area contributed by atoms with E-state index >= 15 is 0 Å². The van der Waals surface area contributed by atoms with Crippen molar-refractivity contribution in [3.05, 3.63) is 35.0 Å². The van der Waals surface area contributed by atoms with Crippen molar-refractivity contribution in [3.63, 3.8) is 0 Å². The van der Waals surface area contributed by atoms with Gasteiger partial charge in [0.15, 0.2) is 6.61 Å². The van der Waals surface area contributed by atoms with Crippen molar-refractivity contribution in [2.75, 3.05) is 19.7 Å². The highest BCUT2D eigenvalue weighted by Gasteiger charge is 2.22. The molecule has 1 fully saturated rings. The van der Waals surface area contributed by atoms with Crippen molar-refractivity contribution in [2.45, 2.75) is 45.4 Å². The molecular weight excluding hydrogens is 328 g/mol. The summed E-state index contributed by atoms with van der Waals surface area (Å²) >= 11 is 0. The first-order chi connectivity index (χ1) is 12.6. The molecule has 1 N–H and O–H groups in total. The average molecular weight is 354 g/mol. The predicted octanol–water partition coefficient (Wildman–Crippen LogP) is 3.46. The van der Waals surface area contributed by atoms with Crippen molar-refractivity contribution in [3.8, 4) is 0 Å². The number of hydrogen-bond acceptors (Lipinski definition) is 3. The molecule has 2 heterocycles. The number of carbonyl (C=O) groups excluding carboxylic acids is 2. The molecule has 0 saturated carbocycles. The van der Waals surface area contributed by atoms with Gasteiger partial charge in [-0.05, 0) is 68.2 Å². The monoisotopic (exact) mass is 354 g/mol. The van der Waals surface area contributed by atoms with Crippen LogP contribution in [0.15, 0.2) is 18.2 Å². The van der Waals surface area contributed by atoms with Gasteiger partial charge in [-0.1, -0.05) is 6.92 Å². The molecule has 5 heteroatoms. The first-order valence-corrected chi connectivity index (χ1v) is 9.70. The quantitative estimate of drug-likeness (QED) is 0.859. The van der Waals surface area contributed by atoms with Crippen LogP contribution in [0.25, 0.3) is 10.9 Å². The molecule has 0 spiro atoms. The number of carbonyl (C=O) groups is 2. The number of piperidine rings is 1. The molecule has 0 radical (unpaired) electrons. The summed E-state index contributed by atoms with van der Waals surface area (Å²) in [5.41, 5.74) is 4.22. The summed E-state index contributed by atoms with van der Waals surface area (Å²) in [6.45, 7) is 3.51. The summed E-state index contributed by atoms with van der Waals surface area (Å²) in [5.74, 6) is 0.00615. The number of aromatic amines is 1. The van der Waals surface area contributed by atoms with E-state index in [1.807, 2.05) is 17.0 Å². The number of H-pyrrole nitrogens is 1. The van der Waals surface area contributed by atoms with Crippen LogP contribution < -0.4 is 0 Å². The lowest BCUT2D eigenvalue weighted by molar-refractivity contribution is -0.136. The van der Waals surface area contributed by atoms with E-state index in [-0.39, 0.29) is 12.5 Å². The molecule has 1 aromatic heterocycles. The third kappa shape index (κ3) is 3.35. The molecule has 1 aliphatic heterocycles. The maximum Gasteiger partial charge on any atom is 0.338 e. The molecule has 1 amide bonds. The molecular formula is C21H26N2O3. The second kappa shape index (κ2) is 7.14. The largest absolute Gasteiger partial charge is 0.452 e. The Kier molecular flexibility index (Phi) is 4.70. The molecule has 0 unspecified atom stereocenters. The van der Waals surface area contributed by atoms with Crippen LogP contribution in [0.2, 0.25) is 0 Å². The van der Waals surface area contributed by atoms with Gasteiger partial charge in [-0.25, -0.2) is 4.79 Å². The van der Waals surface area contributed by atoms with Crippen molar-refractivity contribution in [1.29, 1.82) is 0 Å². The molecule has 4 rings (SSSR count). The first kappa shape index (κ1) is 17.1. The Morgan fingerprint density at radius 2 is 2.08 bits per heavy atom. The van der Waals surface area contributed by atoms with Crippen LogP contribution in [0.4, 0.5) is 0 Å². The number of hydrogen-bond donors (Lipinski definition) is 1. The molecule has 5 nitrogen and oxygen atoms in total. The van der Waals surface area contributed by atoms with E-state index in [0.717, 1.165) is 49.7 Å². The standard InChI is InChI=1S/C21H26N2O3/c1-14-5-4-10-23(12-14)20(24)13-26-21(25)15-8-9-19-17(11-15)16-6-2-3-7-18(16)22-19/h8-9,11,14,22H,2-7,10,12-13H2,1H3/t14-/m0/s1. The van der Waals surface area contributed by atoms with Crippen molar-refractivity contribution < 1.29 is 14.3 Å². The maximum atomic E-state index is 12.4. The molecule has 26 heavy (non-hydrogen) atoms. The number of benzene rings is 1. The number of ether oxygens (including phenoxy) is 1. The predicted molar refractivity (Wildman–Crippen MR) is 100 cm³/mol. The number of nitrogens with one attached hydrogen (secondary N) is 1. The Labute approximate surface area is 153 Å². The van der Waals surface area contributed by atoms with Gasteiger partial charge in [0, 0.05) is 29.7 Å². The highest BCUT2D eigenvalue weighted by atomic mass is 16.5. The number of rotatable bonds is 3. The summed E-state index contributed by atoms with van der Waals surface area (Å²) in [6.07, 6.45) is 6.72. The number of esters is 1. The van der Waals surface area contributed by atoms with Gasteiger partial charge in [0.1, 0.15) is 0 Å². The lowest BCUT2D eigenvalue weighted by atomic mass is 9.95. The van der Waals surface area contributed by atoms with Gasteiger partial charge in [0.05, 0.1) is 5.56 Å². The molecule has 2 aromatic rings. The minimum Gasteiger partial charge on any atom is -0.452 e. The molecule has 2 aliphatic rings. The van der Waals surface area contributed by atoms with Crippen LogP contribution in [-0.2, 0) is 22.4 Å². The Balaban J connectivity index is 1.43. The van der Waals surface area contributed by atoms with Crippen LogP contribution >= 0.6 is 0 Å². The van der Waals surface area contributed by atoms with Gasteiger partial charge in [-0.3, -0.25) is 4.79 Å². The van der Waals surface area contributed by atoms with Crippen molar-refractivity contribution in [1.82, 2.24) is 9.88 Å². The lowest BCUT2D eigenvalue weighted by Crippen LogP contribution is -2.41. The van der Waals surface area contributed by atoms with E-state index in [2.05, 4.69) is 11.9 Å². The van der Waals surface area contributed by atoms with E-state index in [1.54, 1.807) is 6.07 Å². The molecule has 0 bridgehead atoms. The van der Waals surface area contributed by atoms with E-state index in [0.29, 0.717) is 11.5 Å². The number of nitrogens with zero attached hydrogens (tertiary/aromatic N) is 1. The minimum absolute atomic E-state index is 0.0926. The third-order valence-electron chi connectivity index (χ3n) is 5.67. The van der Waals surface area contributed by atoms with Gasteiger partial charge < -0.3 is 14.6 Å². The van der Waals surface area contributed by atoms with Gasteiger partial charge in [0.2, 0.25) is 0 Å². The van der Waals surface area contributed by atoms with Gasteiger partial charge in [0.25, 0.3) is 5.91 Å². The highest BCUT2D eigenvalue weighted by molar-refractivity contribution is 5.97. The van der Waals surface area contributed by atoms with Crippen LogP contribution in [0, 0.1) is 5.92 Å². The highest BCUT2D eigenvalue weighted by Crippen LogP contribution is 2.29. The van der Waals surface area contributed by atoms with Gasteiger partial charge >= 0.3 is 5.97 Å². The Morgan fingerprint density at radius 1 is 1.23 bits per heavy atom. The zero-order valence-electron chi connectivity index (χ0n) is 15.3. The number of amides is 1. The summed E-state index contributed by atoms with van der Waals surface area (Å²) in [5, 5.41) is 1.12. The summed E-state index contributed by atoms with van der Waals surface area (Å²) in [7, 11) is 0. The fraction of sp³-hybridized carbons (Fsp3) is 0.524. The number of fused-ring (bicyclic) bond motifs is 3. The number of aromatic nitrogens is 1. The smallest absolute Gasteiger partial charge is 0.338 e. The second-order valence-electron chi connectivity index (χ2n) is 7.71. The fourth-order valence-electron chi connectivity index (χ4n) is 4.25. The van der Waals surface area contributed by atoms with E-state index < -0.39 is 5.97 Å². The fourth-order valence-corrected chi connectivity index (χ4v) is 4.25. The Hall–Kier alpha value is -2.30. The summed E-state index contributed by atoms with van der Waals surface area (Å²) in [6, 6.07) is 5.63. The average Bonchev–Trinajstić information content (AvgIpc) is 3.03. The molecule has 1 saturated heterocycles. The lowest BCUT2D eigenvalue weighted by Gasteiger charge is -2.30. The van der Waals surface area contributed by atoms with Crippen LogP contribution in [0.5, 0.6) is 0 Å². The molecule has 138 valence electrons. The normalized spacial score (nSPS) is 20.0. The van der Waals surface area contributed by atoms with Crippen molar-refractivity contribution in [2.24, 2.45) is 5.92 Å². The van der Waals surface area contributed by atoms with Gasteiger partial charge in [-0.2, -0.15) is 0 Å². The number of aryl methyl sites for hydroxylation is 2. The first-order valence-electron chi connectivity index (χ1n) is 9.70. The van der Waals surface area contributed by atoms with E-state index in [9.17, 15) is 9.59 Å². The minimum atomic E-state index is -0.420. The van der Waals surface area contributed by atoms with E-state index in [4.69, 9.17) is 4.74 Å². The molecule has 1 aliphatic carbocycles. The SMILES string of the molecule is C[C@H]1CCCN(C(=O)COC(=O)c2ccc3[nH]c4c(c3c2)CCCC4)C1. The van der Waals surface area contributed by atoms with Crippen LogP contribution in [0.1, 0.15) is 54.2 Å². The van der Waals surface area contributed by atoms with Crippen molar-refractivity contribution >= 4 is 22.8 Å². The zero-order valence-corrected chi connectivity index (χ0v) is 15.3. The zero-order chi connectivity index (χ0) is 18.1. The van der Waals surface area contributed by atoms with Crippen LogP contribution in [0.3, 0.4) is 0 Å². The van der Waals surface area contributed by atoms with Gasteiger partial charge in [-0.15, -0.1) is 0 Å². The Bertz CT molecular complexity index is 839.